The maximum absolute atomic E-state index is 6.63. The minimum Gasteiger partial charge on any atom is -0.412 e. The van der Waals surface area contributed by atoms with E-state index in [0.717, 1.165) is 11.1 Å². The van der Waals surface area contributed by atoms with Crippen molar-refractivity contribution < 1.29 is 4.43 Å². The van der Waals surface area contributed by atoms with Crippen molar-refractivity contribution in [2.45, 2.75) is 65.1 Å². The lowest BCUT2D eigenvalue weighted by Crippen LogP contribution is -2.48. The van der Waals surface area contributed by atoms with Gasteiger partial charge in [-0.15, -0.1) is 0 Å². The van der Waals surface area contributed by atoms with Gasteiger partial charge in [-0.25, -0.2) is 0 Å². The second-order valence-electron chi connectivity index (χ2n) is 7.15. The molecule has 22 heavy (non-hydrogen) atoms. The van der Waals surface area contributed by atoms with Gasteiger partial charge < -0.3 is 4.43 Å². The zero-order valence-corrected chi connectivity index (χ0v) is 17.7. The summed E-state index contributed by atoms with van der Waals surface area (Å²) in [5.41, 5.74) is 4.42. The molecule has 0 amide bonds. The van der Waals surface area contributed by atoms with Crippen molar-refractivity contribution in [3.05, 3.63) is 39.9 Å². The highest BCUT2D eigenvalue weighted by atomic mass is 79.9. The predicted octanol–water partition coefficient (Wildman–Crippen LogP) is 7.04. The Morgan fingerprint density at radius 2 is 1.45 bits per heavy atom. The summed E-state index contributed by atoms with van der Waals surface area (Å²) < 4.78 is 7.75. The van der Waals surface area contributed by atoms with Gasteiger partial charge in [-0.1, -0.05) is 75.7 Å². The summed E-state index contributed by atoms with van der Waals surface area (Å²) in [6.07, 6.45) is 2.23. The molecule has 1 rings (SSSR count). The summed E-state index contributed by atoms with van der Waals surface area (Å²) in [6, 6.07) is 8.42. The Hall–Kier alpha value is -0.383. The molecule has 0 heterocycles. The van der Waals surface area contributed by atoms with Crippen LogP contribution in [0.15, 0.2) is 34.3 Å². The molecule has 3 heteroatoms. The van der Waals surface area contributed by atoms with Gasteiger partial charge in [-0.05, 0) is 46.8 Å². The lowest BCUT2D eigenvalue weighted by molar-refractivity contribution is 0.308. The molecule has 0 saturated carbocycles. The van der Waals surface area contributed by atoms with Gasteiger partial charge >= 0.3 is 0 Å². The van der Waals surface area contributed by atoms with Crippen LogP contribution in [-0.2, 0) is 4.43 Å². The van der Waals surface area contributed by atoms with E-state index in [9.17, 15) is 0 Å². The van der Waals surface area contributed by atoms with Gasteiger partial charge in [0, 0.05) is 4.47 Å². The Kier molecular flexibility index (Phi) is 7.56. The van der Waals surface area contributed by atoms with E-state index in [0.29, 0.717) is 16.6 Å². The van der Waals surface area contributed by atoms with Crippen LogP contribution in [0.4, 0.5) is 0 Å². The first-order chi connectivity index (χ1) is 10.2. The molecule has 1 aromatic rings. The third-order valence-electron chi connectivity index (χ3n) is 4.54. The van der Waals surface area contributed by atoms with Gasteiger partial charge in [-0.3, -0.25) is 0 Å². The van der Waals surface area contributed by atoms with Gasteiger partial charge in [-0.2, -0.15) is 0 Å². The summed E-state index contributed by atoms with van der Waals surface area (Å²) in [5.74, 6) is 0. The quantitative estimate of drug-likeness (QED) is 0.459. The zero-order chi connectivity index (χ0) is 16.9. The van der Waals surface area contributed by atoms with Crippen molar-refractivity contribution >= 4 is 30.3 Å². The molecule has 0 bridgehead atoms. The summed E-state index contributed by atoms with van der Waals surface area (Å²) >= 11 is 3.48. The van der Waals surface area contributed by atoms with Crippen LogP contribution in [0.5, 0.6) is 0 Å². The SMILES string of the molecule is C/C(=C\c1ccc(Br)cc1)CO[Si](C(C)C)(C(C)C)C(C)C. The topological polar surface area (TPSA) is 9.23 Å². The number of halogens is 1. The Morgan fingerprint density at radius 3 is 1.86 bits per heavy atom. The Balaban J connectivity index is 2.86. The fraction of sp³-hybridized carbons (Fsp3) is 0.579. The summed E-state index contributed by atoms with van der Waals surface area (Å²) in [4.78, 5) is 0. The fourth-order valence-electron chi connectivity index (χ4n) is 3.62. The molecule has 0 spiro atoms. The third kappa shape index (κ3) is 4.80. The van der Waals surface area contributed by atoms with Crippen molar-refractivity contribution in [2.75, 3.05) is 6.61 Å². The highest BCUT2D eigenvalue weighted by Crippen LogP contribution is 2.42. The Morgan fingerprint density at radius 1 is 1.00 bits per heavy atom. The average Bonchev–Trinajstić information content (AvgIpc) is 2.40. The molecule has 1 aromatic carbocycles. The molecule has 0 unspecified atom stereocenters. The van der Waals surface area contributed by atoms with Crippen LogP contribution in [0.2, 0.25) is 16.6 Å². The van der Waals surface area contributed by atoms with Crippen molar-refractivity contribution in [2.24, 2.45) is 0 Å². The molecule has 0 saturated heterocycles. The maximum atomic E-state index is 6.63. The Bertz CT molecular complexity index is 467. The first-order valence-electron chi connectivity index (χ1n) is 8.26. The largest absolute Gasteiger partial charge is 0.412 e. The van der Waals surface area contributed by atoms with Crippen LogP contribution < -0.4 is 0 Å². The van der Waals surface area contributed by atoms with E-state index in [2.05, 4.69) is 94.7 Å². The maximum Gasteiger partial charge on any atom is 0.200 e. The first-order valence-corrected chi connectivity index (χ1v) is 11.2. The van der Waals surface area contributed by atoms with Crippen molar-refractivity contribution in [3.63, 3.8) is 0 Å². The van der Waals surface area contributed by atoms with E-state index in [1.165, 1.54) is 11.1 Å². The van der Waals surface area contributed by atoms with E-state index < -0.39 is 8.32 Å². The predicted molar refractivity (Wildman–Crippen MR) is 105 cm³/mol. The molecule has 0 atom stereocenters. The third-order valence-corrected chi connectivity index (χ3v) is 11.1. The van der Waals surface area contributed by atoms with Crippen molar-refractivity contribution in [3.8, 4) is 0 Å². The number of benzene rings is 1. The average molecular weight is 383 g/mol. The second-order valence-corrected chi connectivity index (χ2v) is 13.5. The number of rotatable bonds is 7. The molecule has 0 radical (unpaired) electrons. The minimum absolute atomic E-state index is 0.632. The highest BCUT2D eigenvalue weighted by Gasteiger charge is 2.44. The summed E-state index contributed by atoms with van der Waals surface area (Å²) in [7, 11) is -1.76. The normalized spacial score (nSPS) is 13.5. The van der Waals surface area contributed by atoms with E-state index >= 15 is 0 Å². The lowest BCUT2D eigenvalue weighted by Gasteiger charge is -2.42. The molecule has 0 aliphatic rings. The van der Waals surface area contributed by atoms with E-state index in [-0.39, 0.29) is 0 Å². The number of hydrogen-bond donors (Lipinski definition) is 0. The fourth-order valence-corrected chi connectivity index (χ4v) is 9.37. The zero-order valence-electron chi connectivity index (χ0n) is 15.1. The molecular formula is C19H31BrOSi. The van der Waals surface area contributed by atoms with Crippen LogP contribution in [0, 0.1) is 0 Å². The van der Waals surface area contributed by atoms with E-state index in [4.69, 9.17) is 4.43 Å². The van der Waals surface area contributed by atoms with Crippen molar-refractivity contribution in [1.29, 1.82) is 0 Å². The van der Waals surface area contributed by atoms with Crippen LogP contribution in [0.25, 0.3) is 6.08 Å². The molecule has 0 aromatic heterocycles. The van der Waals surface area contributed by atoms with Gasteiger partial charge in [0.05, 0.1) is 6.61 Å². The second kappa shape index (κ2) is 8.46. The van der Waals surface area contributed by atoms with Crippen molar-refractivity contribution in [1.82, 2.24) is 0 Å². The molecule has 0 N–H and O–H groups in total. The summed E-state index contributed by atoms with van der Waals surface area (Å²) in [6.45, 7) is 16.9. The monoisotopic (exact) mass is 382 g/mol. The van der Waals surface area contributed by atoms with E-state index in [1.54, 1.807) is 0 Å². The van der Waals surface area contributed by atoms with Crippen LogP contribution >= 0.6 is 15.9 Å². The van der Waals surface area contributed by atoms with Gasteiger partial charge in [0.1, 0.15) is 0 Å². The van der Waals surface area contributed by atoms with Crippen LogP contribution in [0.3, 0.4) is 0 Å². The highest BCUT2D eigenvalue weighted by molar-refractivity contribution is 9.10. The molecule has 1 nitrogen and oxygen atoms in total. The standard InChI is InChI=1S/C19H31BrOSi/c1-14(2)22(15(3)4,16(5)6)21-13-17(7)12-18-8-10-19(20)11-9-18/h8-12,14-16H,13H2,1-7H3/b17-12+. The van der Waals surface area contributed by atoms with Gasteiger partial charge in [0.15, 0.2) is 0 Å². The lowest BCUT2D eigenvalue weighted by atomic mass is 10.1. The molecule has 0 fully saturated rings. The van der Waals surface area contributed by atoms with E-state index in [1.807, 2.05) is 0 Å². The minimum atomic E-state index is -1.76. The summed E-state index contributed by atoms with van der Waals surface area (Å²) in [5, 5.41) is 0. The molecule has 0 aliphatic carbocycles. The molecule has 124 valence electrons. The van der Waals surface area contributed by atoms with Crippen LogP contribution in [-0.4, -0.2) is 14.9 Å². The Labute approximate surface area is 146 Å². The van der Waals surface area contributed by atoms with Gasteiger partial charge in [0.2, 0.25) is 8.32 Å². The number of hydrogen-bond acceptors (Lipinski definition) is 1. The van der Waals surface area contributed by atoms with Crippen LogP contribution in [0.1, 0.15) is 54.0 Å². The molecular weight excluding hydrogens is 352 g/mol. The molecule has 0 aliphatic heterocycles. The first kappa shape index (κ1) is 19.7. The van der Waals surface area contributed by atoms with Gasteiger partial charge in [0.25, 0.3) is 0 Å². The smallest absolute Gasteiger partial charge is 0.200 e.